The topological polar surface area (TPSA) is 49.4 Å². The van der Waals surface area contributed by atoms with Crippen LogP contribution in [-0.2, 0) is 10.0 Å². The average molecular weight is 296 g/mol. The maximum atomic E-state index is 11.6. The van der Waals surface area contributed by atoms with Gasteiger partial charge in [-0.15, -0.1) is 0 Å². The molecule has 0 aromatic heterocycles. The minimum Gasteiger partial charge on any atom is -0.369 e. The first kappa shape index (κ1) is 15.2. The Hall–Kier alpha value is -1.23. The summed E-state index contributed by atoms with van der Waals surface area (Å²) in [6.07, 6.45) is 3.75. The second kappa shape index (κ2) is 6.04. The van der Waals surface area contributed by atoms with Crippen molar-refractivity contribution in [1.82, 2.24) is 0 Å². The number of benzene rings is 1. The molecule has 0 radical (unpaired) electrons. The number of nitrogens with one attached hydrogen (secondary N) is 1. The number of hydrogen-bond acceptors (Lipinski definition) is 3. The van der Waals surface area contributed by atoms with E-state index >= 15 is 0 Å². The molecule has 1 heterocycles. The Labute approximate surface area is 122 Å². The van der Waals surface area contributed by atoms with Gasteiger partial charge in [0.1, 0.15) is 0 Å². The summed E-state index contributed by atoms with van der Waals surface area (Å²) in [5.41, 5.74) is 2.84. The quantitative estimate of drug-likeness (QED) is 0.928. The summed E-state index contributed by atoms with van der Waals surface area (Å²) in [5.74, 6) is 0.0946. The summed E-state index contributed by atoms with van der Waals surface area (Å²) in [7, 11) is -3.21. The largest absolute Gasteiger partial charge is 0.369 e. The predicted molar refractivity (Wildman–Crippen MR) is 84.9 cm³/mol. The molecule has 20 heavy (non-hydrogen) atoms. The number of sulfonamides is 1. The third-order valence-electron chi connectivity index (χ3n) is 3.99. The zero-order valence-corrected chi connectivity index (χ0v) is 13.3. The molecule has 1 aliphatic rings. The second-order valence-electron chi connectivity index (χ2n) is 5.54. The van der Waals surface area contributed by atoms with Crippen molar-refractivity contribution in [2.24, 2.45) is 0 Å². The number of hydrogen-bond donors (Lipinski definition) is 1. The smallest absolute Gasteiger partial charge is 0.232 e. The van der Waals surface area contributed by atoms with Crippen LogP contribution in [0.25, 0.3) is 0 Å². The highest BCUT2D eigenvalue weighted by Gasteiger charge is 2.19. The molecule has 1 fully saturated rings. The molecular weight excluding hydrogens is 272 g/mol. The van der Waals surface area contributed by atoms with Crippen molar-refractivity contribution in [2.45, 2.75) is 46.1 Å². The third kappa shape index (κ3) is 3.45. The highest BCUT2D eigenvalue weighted by Crippen LogP contribution is 2.28. The standard InChI is InChI=1S/C15H24N2O2S/c1-4-20(18,19)16-15-9-8-14(11-12(15)2)17-10-6-5-7-13(17)3/h8-9,11,13,16H,4-7,10H2,1-3H3. The van der Waals surface area contributed by atoms with Crippen molar-refractivity contribution >= 4 is 21.4 Å². The summed E-state index contributed by atoms with van der Waals surface area (Å²) in [6.45, 7) is 6.93. The van der Waals surface area contributed by atoms with E-state index in [1.807, 2.05) is 19.1 Å². The van der Waals surface area contributed by atoms with Crippen LogP contribution in [-0.4, -0.2) is 26.8 Å². The van der Waals surface area contributed by atoms with Crippen molar-refractivity contribution in [3.63, 3.8) is 0 Å². The van der Waals surface area contributed by atoms with E-state index in [0.29, 0.717) is 11.7 Å². The molecular formula is C15H24N2O2S. The number of anilines is 2. The molecule has 2 rings (SSSR count). The van der Waals surface area contributed by atoms with E-state index in [-0.39, 0.29) is 5.75 Å². The molecule has 1 N–H and O–H groups in total. The molecule has 4 nitrogen and oxygen atoms in total. The van der Waals surface area contributed by atoms with Gasteiger partial charge in [-0.05, 0) is 63.8 Å². The average Bonchev–Trinajstić information content (AvgIpc) is 2.42. The Morgan fingerprint density at radius 2 is 2.10 bits per heavy atom. The molecule has 1 aliphatic heterocycles. The monoisotopic (exact) mass is 296 g/mol. The third-order valence-corrected chi connectivity index (χ3v) is 5.28. The van der Waals surface area contributed by atoms with E-state index in [4.69, 9.17) is 0 Å². The van der Waals surface area contributed by atoms with Crippen LogP contribution in [0.4, 0.5) is 11.4 Å². The Balaban J connectivity index is 2.21. The fourth-order valence-electron chi connectivity index (χ4n) is 2.66. The van der Waals surface area contributed by atoms with Gasteiger partial charge in [-0.25, -0.2) is 8.42 Å². The Morgan fingerprint density at radius 3 is 2.70 bits per heavy atom. The molecule has 0 saturated carbocycles. The maximum absolute atomic E-state index is 11.6. The van der Waals surface area contributed by atoms with E-state index < -0.39 is 10.0 Å². The molecule has 0 aliphatic carbocycles. The van der Waals surface area contributed by atoms with Gasteiger partial charge in [-0.2, -0.15) is 0 Å². The van der Waals surface area contributed by atoms with E-state index in [0.717, 1.165) is 12.1 Å². The van der Waals surface area contributed by atoms with Crippen LogP contribution in [0.5, 0.6) is 0 Å². The Morgan fingerprint density at radius 1 is 1.35 bits per heavy atom. The molecule has 0 spiro atoms. The fourth-order valence-corrected chi connectivity index (χ4v) is 3.37. The molecule has 0 amide bonds. The zero-order chi connectivity index (χ0) is 14.8. The first-order valence-corrected chi connectivity index (χ1v) is 8.96. The summed E-state index contributed by atoms with van der Waals surface area (Å²) in [5, 5.41) is 0. The maximum Gasteiger partial charge on any atom is 0.232 e. The lowest BCUT2D eigenvalue weighted by atomic mass is 10.0. The summed E-state index contributed by atoms with van der Waals surface area (Å²) in [6, 6.07) is 6.53. The van der Waals surface area contributed by atoms with Crippen LogP contribution >= 0.6 is 0 Å². The lowest BCUT2D eigenvalue weighted by molar-refractivity contribution is 0.485. The van der Waals surface area contributed by atoms with Crippen LogP contribution in [0.1, 0.15) is 38.7 Å². The Kier molecular flexibility index (Phi) is 4.58. The SMILES string of the molecule is CCS(=O)(=O)Nc1ccc(N2CCCCC2C)cc1C. The van der Waals surface area contributed by atoms with Gasteiger partial charge in [0.15, 0.2) is 0 Å². The molecule has 1 aromatic carbocycles. The minimum absolute atomic E-state index is 0.0946. The van der Waals surface area contributed by atoms with Crippen LogP contribution in [0, 0.1) is 6.92 Å². The van der Waals surface area contributed by atoms with Gasteiger partial charge in [0.05, 0.1) is 11.4 Å². The zero-order valence-electron chi connectivity index (χ0n) is 12.5. The van der Waals surface area contributed by atoms with Crippen molar-refractivity contribution in [1.29, 1.82) is 0 Å². The summed E-state index contributed by atoms with van der Waals surface area (Å²) < 4.78 is 25.9. The second-order valence-corrected chi connectivity index (χ2v) is 7.55. The first-order valence-electron chi connectivity index (χ1n) is 7.30. The van der Waals surface area contributed by atoms with Crippen LogP contribution in [0.2, 0.25) is 0 Å². The highest BCUT2D eigenvalue weighted by atomic mass is 32.2. The van der Waals surface area contributed by atoms with Gasteiger partial charge in [0.2, 0.25) is 10.0 Å². The normalized spacial score (nSPS) is 19.9. The molecule has 0 bridgehead atoms. The van der Waals surface area contributed by atoms with Gasteiger partial charge >= 0.3 is 0 Å². The lowest BCUT2D eigenvalue weighted by Gasteiger charge is -2.35. The van der Waals surface area contributed by atoms with Gasteiger partial charge in [0, 0.05) is 18.3 Å². The van der Waals surface area contributed by atoms with Gasteiger partial charge in [-0.1, -0.05) is 0 Å². The minimum atomic E-state index is -3.21. The van der Waals surface area contributed by atoms with Gasteiger partial charge in [0.25, 0.3) is 0 Å². The molecule has 1 atom stereocenters. The van der Waals surface area contributed by atoms with Crippen molar-refractivity contribution < 1.29 is 8.42 Å². The highest BCUT2D eigenvalue weighted by molar-refractivity contribution is 7.92. The summed E-state index contributed by atoms with van der Waals surface area (Å²) >= 11 is 0. The molecule has 1 saturated heterocycles. The number of piperidine rings is 1. The van der Waals surface area contributed by atoms with Crippen molar-refractivity contribution in [3.05, 3.63) is 23.8 Å². The fraction of sp³-hybridized carbons (Fsp3) is 0.600. The molecule has 1 aromatic rings. The lowest BCUT2D eigenvalue weighted by Crippen LogP contribution is -2.37. The first-order chi connectivity index (χ1) is 9.43. The van der Waals surface area contributed by atoms with Crippen LogP contribution in [0.15, 0.2) is 18.2 Å². The van der Waals surface area contributed by atoms with Crippen molar-refractivity contribution in [2.75, 3.05) is 21.9 Å². The van der Waals surface area contributed by atoms with E-state index in [2.05, 4.69) is 22.6 Å². The van der Waals surface area contributed by atoms with E-state index in [9.17, 15) is 8.42 Å². The summed E-state index contributed by atoms with van der Waals surface area (Å²) in [4.78, 5) is 2.41. The van der Waals surface area contributed by atoms with Gasteiger partial charge in [-0.3, -0.25) is 4.72 Å². The van der Waals surface area contributed by atoms with Gasteiger partial charge < -0.3 is 4.90 Å². The number of rotatable bonds is 4. The van der Waals surface area contributed by atoms with Crippen LogP contribution < -0.4 is 9.62 Å². The molecule has 1 unspecified atom stereocenters. The molecule has 5 heteroatoms. The molecule has 112 valence electrons. The van der Waals surface area contributed by atoms with Crippen molar-refractivity contribution in [3.8, 4) is 0 Å². The van der Waals surface area contributed by atoms with Crippen LogP contribution in [0.3, 0.4) is 0 Å². The number of nitrogens with zero attached hydrogens (tertiary/aromatic N) is 1. The number of aryl methyl sites for hydroxylation is 1. The predicted octanol–water partition coefficient (Wildman–Crippen LogP) is 3.14. The van der Waals surface area contributed by atoms with E-state index in [1.54, 1.807) is 6.92 Å². The van der Waals surface area contributed by atoms with E-state index in [1.165, 1.54) is 24.9 Å². The Bertz CT molecular complexity index is 569.